The minimum absolute atomic E-state index is 0.0913. The average molecular weight is 375 g/mol. The van der Waals surface area contributed by atoms with Crippen LogP contribution in [0.4, 0.5) is 10.7 Å². The number of amides is 1. The Morgan fingerprint density at radius 1 is 1.31 bits per heavy atom. The molecule has 0 unspecified atom stereocenters. The Morgan fingerprint density at radius 3 is 2.62 bits per heavy atom. The van der Waals surface area contributed by atoms with Crippen LogP contribution in [0.25, 0.3) is 0 Å². The van der Waals surface area contributed by atoms with Gasteiger partial charge < -0.3 is 15.0 Å². The number of benzene rings is 1. The Morgan fingerprint density at radius 2 is 2.00 bits per heavy atom. The molecule has 2 heterocycles. The van der Waals surface area contributed by atoms with Crippen LogP contribution in [0.1, 0.15) is 31.2 Å². The van der Waals surface area contributed by atoms with E-state index in [4.69, 9.17) is 4.74 Å². The van der Waals surface area contributed by atoms with Crippen LogP contribution in [0.15, 0.2) is 24.3 Å². The molecule has 1 aliphatic heterocycles. The summed E-state index contributed by atoms with van der Waals surface area (Å²) in [6, 6.07) is 5.30. The molecule has 26 heavy (non-hydrogen) atoms. The van der Waals surface area contributed by atoms with Gasteiger partial charge in [0.1, 0.15) is 5.00 Å². The van der Waals surface area contributed by atoms with Gasteiger partial charge in [0.15, 0.2) is 0 Å². The molecule has 0 atom stereocenters. The zero-order valence-corrected chi connectivity index (χ0v) is 15.1. The third-order valence-electron chi connectivity index (χ3n) is 4.20. The second-order valence-electron chi connectivity index (χ2n) is 5.95. The van der Waals surface area contributed by atoms with E-state index in [0.717, 1.165) is 17.0 Å². The molecular formula is C17H17N3O5S. The molecular weight excluding hydrogens is 358 g/mol. The van der Waals surface area contributed by atoms with Gasteiger partial charge in [-0.3, -0.25) is 14.9 Å². The van der Waals surface area contributed by atoms with E-state index in [1.165, 1.54) is 42.7 Å². The molecule has 0 fully saturated rings. The number of thiophene rings is 1. The summed E-state index contributed by atoms with van der Waals surface area (Å²) < 4.78 is 4.89. The molecule has 136 valence electrons. The van der Waals surface area contributed by atoms with E-state index in [-0.39, 0.29) is 11.3 Å². The number of carbonyl (C=O) groups is 2. The van der Waals surface area contributed by atoms with E-state index in [9.17, 15) is 19.7 Å². The van der Waals surface area contributed by atoms with Crippen LogP contribution in [-0.4, -0.2) is 42.4 Å². The quantitative estimate of drug-likeness (QED) is 0.501. The lowest BCUT2D eigenvalue weighted by Gasteiger charge is -2.22. The van der Waals surface area contributed by atoms with Crippen molar-refractivity contribution in [1.82, 2.24) is 4.90 Å². The van der Waals surface area contributed by atoms with Crippen LogP contribution in [0.5, 0.6) is 0 Å². The summed E-state index contributed by atoms with van der Waals surface area (Å²) in [5.74, 6) is -0.914. The van der Waals surface area contributed by atoms with Gasteiger partial charge in [0.2, 0.25) is 0 Å². The predicted molar refractivity (Wildman–Crippen MR) is 96.7 cm³/mol. The number of esters is 1. The Balaban J connectivity index is 1.90. The van der Waals surface area contributed by atoms with Crippen molar-refractivity contribution in [1.29, 1.82) is 0 Å². The maximum Gasteiger partial charge on any atom is 0.341 e. The number of rotatable bonds is 4. The first kappa shape index (κ1) is 18.0. The maximum absolute atomic E-state index is 12.5. The number of fused-ring (bicyclic) bond motifs is 1. The van der Waals surface area contributed by atoms with Gasteiger partial charge in [0.25, 0.3) is 11.6 Å². The minimum Gasteiger partial charge on any atom is -0.465 e. The lowest BCUT2D eigenvalue weighted by atomic mass is 10.0. The second kappa shape index (κ2) is 7.22. The fourth-order valence-electron chi connectivity index (χ4n) is 2.85. The molecule has 1 aromatic carbocycles. The second-order valence-corrected chi connectivity index (χ2v) is 7.05. The van der Waals surface area contributed by atoms with Gasteiger partial charge in [-0.15, -0.1) is 11.3 Å². The number of nitrogens with zero attached hydrogens (tertiary/aromatic N) is 2. The third-order valence-corrected chi connectivity index (χ3v) is 5.34. The zero-order chi connectivity index (χ0) is 18.8. The molecule has 0 bridgehead atoms. The average Bonchev–Trinajstić information content (AvgIpc) is 2.97. The lowest BCUT2D eigenvalue weighted by Crippen LogP contribution is -2.26. The number of non-ortho nitro benzene ring substituents is 1. The summed E-state index contributed by atoms with van der Waals surface area (Å²) in [5, 5.41) is 13.9. The zero-order valence-electron chi connectivity index (χ0n) is 14.3. The topological polar surface area (TPSA) is 102 Å². The number of carbonyl (C=O) groups excluding carboxylic acids is 2. The van der Waals surface area contributed by atoms with Gasteiger partial charge in [-0.1, -0.05) is 0 Å². The smallest absolute Gasteiger partial charge is 0.341 e. The number of nitro groups is 1. The van der Waals surface area contributed by atoms with Gasteiger partial charge >= 0.3 is 5.97 Å². The van der Waals surface area contributed by atoms with Crippen molar-refractivity contribution >= 4 is 33.9 Å². The number of anilines is 1. The highest BCUT2D eigenvalue weighted by atomic mass is 32.1. The Labute approximate surface area is 153 Å². The summed E-state index contributed by atoms with van der Waals surface area (Å²) in [6.45, 7) is 1.53. The fraction of sp³-hybridized carbons (Fsp3) is 0.294. The van der Waals surface area contributed by atoms with Crippen molar-refractivity contribution in [3.8, 4) is 0 Å². The van der Waals surface area contributed by atoms with E-state index >= 15 is 0 Å². The van der Waals surface area contributed by atoms with E-state index in [1.54, 1.807) is 0 Å². The molecule has 3 rings (SSSR count). The molecule has 1 N–H and O–H groups in total. The molecule has 8 nitrogen and oxygen atoms in total. The van der Waals surface area contributed by atoms with Gasteiger partial charge in [-0.05, 0) is 31.2 Å². The molecule has 0 saturated heterocycles. The summed E-state index contributed by atoms with van der Waals surface area (Å²) in [6.07, 6.45) is 0.709. The molecule has 0 saturated carbocycles. The fourth-order valence-corrected chi connectivity index (χ4v) is 4.16. The van der Waals surface area contributed by atoms with E-state index < -0.39 is 16.8 Å². The predicted octanol–water partition coefficient (Wildman–Crippen LogP) is 2.68. The van der Waals surface area contributed by atoms with Crippen LogP contribution >= 0.6 is 11.3 Å². The Hall–Kier alpha value is -2.78. The SMILES string of the molecule is COC(=O)c1c(NC(=O)c2ccc([N+](=O)[O-])cc2)sc2c1CCN(C)C2. The van der Waals surface area contributed by atoms with Crippen molar-refractivity contribution in [3.05, 3.63) is 55.9 Å². The number of methoxy groups -OCH3 is 1. The number of ether oxygens (including phenoxy) is 1. The Kier molecular flexibility index (Phi) is 5.01. The van der Waals surface area contributed by atoms with Gasteiger partial charge in [-0.25, -0.2) is 4.79 Å². The van der Waals surface area contributed by atoms with E-state index in [2.05, 4.69) is 10.2 Å². The molecule has 1 aromatic heterocycles. The highest BCUT2D eigenvalue weighted by molar-refractivity contribution is 7.17. The van der Waals surface area contributed by atoms with E-state index in [1.807, 2.05) is 7.05 Å². The monoisotopic (exact) mass is 375 g/mol. The highest BCUT2D eigenvalue weighted by Gasteiger charge is 2.28. The summed E-state index contributed by atoms with van der Waals surface area (Å²) in [7, 11) is 3.30. The molecule has 0 spiro atoms. The molecule has 1 aliphatic rings. The number of nitrogens with one attached hydrogen (secondary N) is 1. The third kappa shape index (κ3) is 3.44. The summed E-state index contributed by atoms with van der Waals surface area (Å²) in [5.41, 5.74) is 1.50. The first-order valence-electron chi connectivity index (χ1n) is 7.88. The molecule has 0 aliphatic carbocycles. The molecule has 2 aromatic rings. The van der Waals surface area contributed by atoms with E-state index in [0.29, 0.717) is 23.5 Å². The lowest BCUT2D eigenvalue weighted by molar-refractivity contribution is -0.384. The molecule has 9 heteroatoms. The highest BCUT2D eigenvalue weighted by Crippen LogP contribution is 2.37. The van der Waals surface area contributed by atoms with Gasteiger partial charge in [0.05, 0.1) is 17.6 Å². The minimum atomic E-state index is -0.527. The van der Waals surface area contributed by atoms with Crippen LogP contribution in [0.3, 0.4) is 0 Å². The van der Waals surface area contributed by atoms with Crippen LogP contribution in [0.2, 0.25) is 0 Å². The van der Waals surface area contributed by atoms with Gasteiger partial charge in [-0.2, -0.15) is 0 Å². The van der Waals surface area contributed by atoms with Crippen molar-refractivity contribution in [2.45, 2.75) is 13.0 Å². The van der Waals surface area contributed by atoms with Crippen LogP contribution in [0, 0.1) is 10.1 Å². The number of hydrogen-bond acceptors (Lipinski definition) is 7. The largest absolute Gasteiger partial charge is 0.465 e. The number of nitro benzene ring substituents is 1. The maximum atomic E-state index is 12.5. The first-order valence-corrected chi connectivity index (χ1v) is 8.69. The summed E-state index contributed by atoms with van der Waals surface area (Å²) >= 11 is 1.36. The first-order chi connectivity index (χ1) is 12.4. The van der Waals surface area contributed by atoms with Crippen molar-refractivity contribution < 1.29 is 19.2 Å². The normalized spacial score (nSPS) is 13.8. The van der Waals surface area contributed by atoms with Gasteiger partial charge in [0, 0.05) is 35.7 Å². The van der Waals surface area contributed by atoms with Crippen molar-refractivity contribution in [2.75, 3.05) is 26.0 Å². The molecule has 0 radical (unpaired) electrons. The van der Waals surface area contributed by atoms with Crippen molar-refractivity contribution in [2.24, 2.45) is 0 Å². The standard InChI is InChI=1S/C17H17N3O5S/c1-19-8-7-12-13(9-19)26-16(14(12)17(22)25-2)18-15(21)10-3-5-11(6-4-10)20(23)24/h3-6H,7-9H2,1-2H3,(H,18,21). The number of hydrogen-bond donors (Lipinski definition) is 1. The molecule has 1 amide bonds. The van der Waals surface area contributed by atoms with Crippen LogP contribution < -0.4 is 5.32 Å². The summed E-state index contributed by atoms with van der Waals surface area (Å²) in [4.78, 5) is 38.1. The van der Waals surface area contributed by atoms with Crippen LogP contribution in [-0.2, 0) is 17.7 Å². The Bertz CT molecular complexity index is 875. The van der Waals surface area contributed by atoms with Crippen molar-refractivity contribution in [3.63, 3.8) is 0 Å². The number of likely N-dealkylation sites (N-methyl/N-ethyl adjacent to an activating group) is 1.